The third-order valence-corrected chi connectivity index (χ3v) is 4.16. The second-order valence-electron chi connectivity index (χ2n) is 5.57. The Hall–Kier alpha value is -1.22. The SMILES string of the molecule is CC(CC1Cc2c(Cl)cccc2N1C(C)C)C(=O)O. The van der Waals surface area contributed by atoms with Crippen molar-refractivity contribution >= 4 is 23.3 Å². The van der Waals surface area contributed by atoms with Gasteiger partial charge >= 0.3 is 5.97 Å². The molecule has 1 N–H and O–H groups in total. The molecule has 0 radical (unpaired) electrons. The van der Waals surface area contributed by atoms with E-state index < -0.39 is 5.97 Å². The lowest BCUT2D eigenvalue weighted by Crippen LogP contribution is -2.39. The molecule has 1 aromatic carbocycles. The van der Waals surface area contributed by atoms with E-state index in [1.54, 1.807) is 6.92 Å². The van der Waals surface area contributed by atoms with Crippen molar-refractivity contribution in [1.82, 2.24) is 0 Å². The molecule has 0 spiro atoms. The zero-order valence-electron chi connectivity index (χ0n) is 11.6. The average molecular weight is 282 g/mol. The van der Waals surface area contributed by atoms with Crippen LogP contribution in [-0.4, -0.2) is 23.2 Å². The molecule has 2 unspecified atom stereocenters. The lowest BCUT2D eigenvalue weighted by molar-refractivity contribution is -0.141. The van der Waals surface area contributed by atoms with Crippen LogP contribution in [0.2, 0.25) is 5.02 Å². The number of hydrogen-bond donors (Lipinski definition) is 1. The number of halogens is 1. The maximum atomic E-state index is 11.1. The molecule has 0 amide bonds. The van der Waals surface area contributed by atoms with Crippen LogP contribution in [0.15, 0.2) is 18.2 Å². The van der Waals surface area contributed by atoms with Crippen LogP contribution >= 0.6 is 11.6 Å². The predicted molar refractivity (Wildman–Crippen MR) is 78.0 cm³/mol. The lowest BCUT2D eigenvalue weighted by atomic mass is 9.98. The highest BCUT2D eigenvalue weighted by Gasteiger charge is 2.34. The quantitative estimate of drug-likeness (QED) is 0.917. The number of carboxylic acids is 1. The third-order valence-electron chi connectivity index (χ3n) is 3.81. The summed E-state index contributed by atoms with van der Waals surface area (Å²) < 4.78 is 0. The van der Waals surface area contributed by atoms with Gasteiger partial charge in [0.2, 0.25) is 0 Å². The summed E-state index contributed by atoms with van der Waals surface area (Å²) in [5.74, 6) is -1.06. The summed E-state index contributed by atoms with van der Waals surface area (Å²) in [4.78, 5) is 13.4. The highest BCUT2D eigenvalue weighted by Crippen LogP contribution is 2.39. The van der Waals surface area contributed by atoms with Crippen molar-refractivity contribution in [3.63, 3.8) is 0 Å². The molecule has 4 heteroatoms. The van der Waals surface area contributed by atoms with E-state index in [-0.39, 0.29) is 12.0 Å². The number of benzene rings is 1. The molecule has 104 valence electrons. The molecule has 19 heavy (non-hydrogen) atoms. The monoisotopic (exact) mass is 281 g/mol. The van der Waals surface area contributed by atoms with Gasteiger partial charge in [0.1, 0.15) is 0 Å². The van der Waals surface area contributed by atoms with E-state index in [1.165, 1.54) is 0 Å². The van der Waals surface area contributed by atoms with Crippen LogP contribution in [0.4, 0.5) is 5.69 Å². The fourth-order valence-electron chi connectivity index (χ4n) is 2.93. The van der Waals surface area contributed by atoms with Crippen LogP contribution in [0.1, 0.15) is 32.8 Å². The van der Waals surface area contributed by atoms with Crippen molar-refractivity contribution in [1.29, 1.82) is 0 Å². The molecular weight excluding hydrogens is 262 g/mol. The Bertz CT molecular complexity index is 487. The molecule has 2 rings (SSSR count). The molecule has 2 atom stereocenters. The molecule has 1 heterocycles. The Labute approximate surface area is 119 Å². The Morgan fingerprint density at radius 1 is 1.47 bits per heavy atom. The van der Waals surface area contributed by atoms with E-state index in [4.69, 9.17) is 16.7 Å². The first-order valence-corrected chi connectivity index (χ1v) is 7.08. The van der Waals surface area contributed by atoms with Crippen molar-refractivity contribution in [3.05, 3.63) is 28.8 Å². The molecule has 0 bridgehead atoms. The number of anilines is 1. The molecule has 1 aliphatic rings. The molecular formula is C15H20ClNO2. The van der Waals surface area contributed by atoms with Crippen LogP contribution in [0, 0.1) is 5.92 Å². The minimum Gasteiger partial charge on any atom is -0.481 e. The van der Waals surface area contributed by atoms with Gasteiger partial charge in [-0.3, -0.25) is 4.79 Å². The number of hydrogen-bond acceptors (Lipinski definition) is 2. The second-order valence-corrected chi connectivity index (χ2v) is 5.98. The lowest BCUT2D eigenvalue weighted by Gasteiger charge is -2.32. The van der Waals surface area contributed by atoms with Gasteiger partial charge in [-0.25, -0.2) is 0 Å². The largest absolute Gasteiger partial charge is 0.481 e. The molecule has 3 nitrogen and oxygen atoms in total. The highest BCUT2D eigenvalue weighted by atomic mass is 35.5. The summed E-state index contributed by atoms with van der Waals surface area (Å²) in [6.45, 7) is 6.04. The van der Waals surface area contributed by atoms with E-state index in [1.807, 2.05) is 12.1 Å². The van der Waals surface area contributed by atoms with Crippen LogP contribution in [0.5, 0.6) is 0 Å². The van der Waals surface area contributed by atoms with Gasteiger partial charge in [-0.05, 0) is 44.4 Å². The summed E-state index contributed by atoms with van der Waals surface area (Å²) in [6, 6.07) is 6.50. The van der Waals surface area contributed by atoms with Crippen molar-refractivity contribution < 1.29 is 9.90 Å². The summed E-state index contributed by atoms with van der Waals surface area (Å²) in [7, 11) is 0. The molecule has 0 fully saturated rings. The van der Waals surface area contributed by atoms with Crippen molar-refractivity contribution in [2.24, 2.45) is 5.92 Å². The third kappa shape index (κ3) is 2.71. The van der Waals surface area contributed by atoms with E-state index in [0.29, 0.717) is 12.5 Å². The summed E-state index contributed by atoms with van der Waals surface area (Å²) in [6.07, 6.45) is 1.49. The Morgan fingerprint density at radius 3 is 2.74 bits per heavy atom. The van der Waals surface area contributed by atoms with Crippen molar-refractivity contribution in [2.45, 2.75) is 45.7 Å². The smallest absolute Gasteiger partial charge is 0.306 e. The van der Waals surface area contributed by atoms with Gasteiger partial charge < -0.3 is 10.0 Å². The fraction of sp³-hybridized carbons (Fsp3) is 0.533. The zero-order chi connectivity index (χ0) is 14.2. The minimum absolute atomic E-state index is 0.223. The van der Waals surface area contributed by atoms with Gasteiger partial charge in [-0.15, -0.1) is 0 Å². The van der Waals surface area contributed by atoms with Gasteiger partial charge in [0.05, 0.1) is 5.92 Å². The van der Waals surface area contributed by atoms with E-state index in [0.717, 1.165) is 22.7 Å². The molecule has 0 aromatic heterocycles. The summed E-state index contributed by atoms with van der Waals surface area (Å²) in [5, 5.41) is 9.88. The number of carbonyl (C=O) groups is 1. The Balaban J connectivity index is 2.28. The maximum absolute atomic E-state index is 11.1. The van der Waals surface area contributed by atoms with Crippen LogP contribution in [-0.2, 0) is 11.2 Å². The van der Waals surface area contributed by atoms with Gasteiger partial charge in [-0.1, -0.05) is 24.6 Å². The second kappa shape index (κ2) is 5.41. The van der Waals surface area contributed by atoms with Gasteiger partial charge in [-0.2, -0.15) is 0 Å². The number of carboxylic acid groups (broad SMARTS) is 1. The number of nitrogens with zero attached hydrogens (tertiary/aromatic N) is 1. The minimum atomic E-state index is -0.731. The number of fused-ring (bicyclic) bond motifs is 1. The van der Waals surface area contributed by atoms with Crippen LogP contribution in [0.3, 0.4) is 0 Å². The molecule has 1 aliphatic heterocycles. The molecule has 0 saturated heterocycles. The van der Waals surface area contributed by atoms with Gasteiger partial charge in [0.15, 0.2) is 0 Å². The molecule has 1 aromatic rings. The maximum Gasteiger partial charge on any atom is 0.306 e. The van der Waals surface area contributed by atoms with Crippen LogP contribution in [0.25, 0.3) is 0 Å². The van der Waals surface area contributed by atoms with Crippen molar-refractivity contribution in [2.75, 3.05) is 4.90 Å². The highest BCUT2D eigenvalue weighted by molar-refractivity contribution is 6.31. The predicted octanol–water partition coefficient (Wildman–Crippen LogP) is 3.59. The Morgan fingerprint density at radius 2 is 2.16 bits per heavy atom. The standard InChI is InChI=1S/C15H20ClNO2/c1-9(2)17-11(7-10(3)15(18)19)8-12-13(16)5-4-6-14(12)17/h4-6,9-11H,7-8H2,1-3H3,(H,18,19). The molecule has 0 aliphatic carbocycles. The molecule has 0 saturated carbocycles. The summed E-state index contributed by atoms with van der Waals surface area (Å²) >= 11 is 6.26. The first-order valence-electron chi connectivity index (χ1n) is 6.70. The van der Waals surface area contributed by atoms with Gasteiger partial charge in [0, 0.05) is 22.8 Å². The Kier molecular flexibility index (Phi) is 4.04. The fourth-order valence-corrected chi connectivity index (χ4v) is 3.17. The first kappa shape index (κ1) is 14.2. The van der Waals surface area contributed by atoms with E-state index in [2.05, 4.69) is 24.8 Å². The first-order chi connectivity index (χ1) is 8.91. The van der Waals surface area contributed by atoms with Crippen LogP contribution < -0.4 is 4.90 Å². The normalized spacial score (nSPS) is 19.6. The topological polar surface area (TPSA) is 40.5 Å². The number of rotatable bonds is 4. The summed E-state index contributed by atoms with van der Waals surface area (Å²) in [5.41, 5.74) is 2.31. The average Bonchev–Trinajstić information content (AvgIpc) is 2.68. The number of aliphatic carboxylic acids is 1. The van der Waals surface area contributed by atoms with E-state index >= 15 is 0 Å². The zero-order valence-corrected chi connectivity index (χ0v) is 12.3. The van der Waals surface area contributed by atoms with Gasteiger partial charge in [0.25, 0.3) is 0 Å². The van der Waals surface area contributed by atoms with Crippen molar-refractivity contribution in [3.8, 4) is 0 Å². The van der Waals surface area contributed by atoms with E-state index in [9.17, 15) is 4.79 Å².